The van der Waals surface area contributed by atoms with Crippen LogP contribution in [0, 0.1) is 0 Å². The zero-order chi connectivity index (χ0) is 25.3. The minimum atomic E-state index is -0.716. The van der Waals surface area contributed by atoms with Gasteiger partial charge in [-0.1, -0.05) is 83.8 Å². The monoisotopic (exact) mass is 515 g/mol. The quantitative estimate of drug-likeness (QED) is 0.118. The van der Waals surface area contributed by atoms with E-state index in [0.717, 1.165) is 23.3 Å². The minimum absolute atomic E-state index is 0.213. The highest BCUT2D eigenvalue weighted by Gasteiger charge is 2.23. The number of benzene rings is 2. The summed E-state index contributed by atoms with van der Waals surface area (Å²) in [5.74, 6) is 0.457. The SMILES string of the molecule is CCCCCSSC[C@H](NC(=O)c1ccc(/C=N/NC(=O)Cc2ccccc2)cc1)C(=O)OCC. The summed E-state index contributed by atoms with van der Waals surface area (Å²) in [5.41, 5.74) is 4.55. The summed E-state index contributed by atoms with van der Waals surface area (Å²) < 4.78 is 5.13. The van der Waals surface area contributed by atoms with Crippen molar-refractivity contribution in [2.24, 2.45) is 5.10 Å². The Morgan fingerprint density at radius 1 is 1.00 bits per heavy atom. The molecule has 35 heavy (non-hydrogen) atoms. The number of amides is 2. The van der Waals surface area contributed by atoms with Gasteiger partial charge in [0, 0.05) is 17.1 Å². The molecule has 2 aromatic carbocycles. The Morgan fingerprint density at radius 3 is 2.43 bits per heavy atom. The van der Waals surface area contributed by atoms with Crippen molar-refractivity contribution in [3.8, 4) is 0 Å². The zero-order valence-corrected chi connectivity index (χ0v) is 21.8. The van der Waals surface area contributed by atoms with E-state index in [0.29, 0.717) is 11.3 Å². The van der Waals surface area contributed by atoms with E-state index in [1.54, 1.807) is 52.8 Å². The third-order valence-electron chi connectivity index (χ3n) is 4.81. The lowest BCUT2D eigenvalue weighted by atomic mass is 10.1. The van der Waals surface area contributed by atoms with Gasteiger partial charge < -0.3 is 10.1 Å². The first-order chi connectivity index (χ1) is 17.0. The largest absolute Gasteiger partial charge is 0.464 e. The van der Waals surface area contributed by atoms with E-state index >= 15 is 0 Å². The van der Waals surface area contributed by atoms with Gasteiger partial charge in [-0.3, -0.25) is 9.59 Å². The first-order valence-corrected chi connectivity index (χ1v) is 14.2. The van der Waals surface area contributed by atoms with Gasteiger partial charge in [0.2, 0.25) is 5.91 Å². The molecule has 9 heteroatoms. The summed E-state index contributed by atoms with van der Waals surface area (Å²) in [4.78, 5) is 37.0. The number of carbonyl (C=O) groups is 3. The Bertz CT molecular complexity index is 953. The second kappa shape index (κ2) is 16.8. The molecular weight excluding hydrogens is 482 g/mol. The van der Waals surface area contributed by atoms with Crippen LogP contribution in [0.5, 0.6) is 0 Å². The summed E-state index contributed by atoms with van der Waals surface area (Å²) in [6.07, 6.45) is 5.25. The molecule has 0 unspecified atom stereocenters. The van der Waals surface area contributed by atoms with Crippen LogP contribution in [0.3, 0.4) is 0 Å². The Hall–Kier alpha value is -2.78. The molecule has 0 spiro atoms. The smallest absolute Gasteiger partial charge is 0.329 e. The summed E-state index contributed by atoms with van der Waals surface area (Å²) in [5, 5.41) is 6.76. The lowest BCUT2D eigenvalue weighted by Gasteiger charge is -2.17. The fraction of sp³-hybridized carbons (Fsp3) is 0.385. The summed E-state index contributed by atoms with van der Waals surface area (Å²) in [6.45, 7) is 4.16. The van der Waals surface area contributed by atoms with Gasteiger partial charge in [0.05, 0.1) is 19.2 Å². The fourth-order valence-electron chi connectivity index (χ4n) is 2.96. The molecule has 0 heterocycles. The van der Waals surface area contributed by atoms with Gasteiger partial charge in [-0.15, -0.1) is 0 Å². The molecule has 2 aromatic rings. The fourth-order valence-corrected chi connectivity index (χ4v) is 5.25. The molecule has 2 amide bonds. The molecule has 2 N–H and O–H groups in total. The van der Waals surface area contributed by atoms with Gasteiger partial charge in [-0.25, -0.2) is 10.2 Å². The Labute approximate surface area is 215 Å². The van der Waals surface area contributed by atoms with Crippen molar-refractivity contribution in [1.82, 2.24) is 10.7 Å². The van der Waals surface area contributed by atoms with Crippen molar-refractivity contribution in [2.75, 3.05) is 18.1 Å². The second-order valence-corrected chi connectivity index (χ2v) is 10.3. The molecule has 0 aliphatic carbocycles. The van der Waals surface area contributed by atoms with E-state index in [1.165, 1.54) is 19.1 Å². The number of ether oxygens (including phenoxy) is 1. The molecule has 2 rings (SSSR count). The average Bonchev–Trinajstić information content (AvgIpc) is 2.86. The average molecular weight is 516 g/mol. The van der Waals surface area contributed by atoms with Crippen LogP contribution in [-0.4, -0.2) is 48.2 Å². The number of esters is 1. The molecule has 188 valence electrons. The first kappa shape index (κ1) is 28.5. The highest BCUT2D eigenvalue weighted by molar-refractivity contribution is 8.76. The van der Waals surface area contributed by atoms with Crippen LogP contribution in [0.4, 0.5) is 0 Å². The topological polar surface area (TPSA) is 96.9 Å². The normalized spacial score (nSPS) is 11.7. The molecular formula is C26H33N3O4S2. The maximum atomic E-state index is 12.7. The van der Waals surface area contributed by atoms with Crippen LogP contribution in [0.1, 0.15) is 54.6 Å². The summed E-state index contributed by atoms with van der Waals surface area (Å²) in [6, 6.07) is 15.4. The van der Waals surface area contributed by atoms with Crippen molar-refractivity contribution in [1.29, 1.82) is 0 Å². The van der Waals surface area contributed by atoms with E-state index in [-0.39, 0.29) is 24.8 Å². The third-order valence-corrected chi connectivity index (χ3v) is 7.31. The number of rotatable bonds is 15. The number of unbranched alkanes of at least 4 members (excludes halogenated alkanes) is 2. The van der Waals surface area contributed by atoms with E-state index in [9.17, 15) is 14.4 Å². The molecule has 1 atom stereocenters. The molecule has 0 aliphatic rings. The molecule has 0 aromatic heterocycles. The Kier molecular flexibility index (Phi) is 13.6. The van der Waals surface area contributed by atoms with Crippen LogP contribution in [-0.2, 0) is 20.7 Å². The van der Waals surface area contributed by atoms with Gasteiger partial charge >= 0.3 is 5.97 Å². The summed E-state index contributed by atoms with van der Waals surface area (Å²) >= 11 is 0. The highest BCUT2D eigenvalue weighted by atomic mass is 33.1. The molecule has 7 nitrogen and oxygen atoms in total. The lowest BCUT2D eigenvalue weighted by Crippen LogP contribution is -2.43. The van der Waals surface area contributed by atoms with Gasteiger partial charge in [-0.2, -0.15) is 5.10 Å². The number of carbonyl (C=O) groups excluding carboxylic acids is 3. The van der Waals surface area contributed by atoms with Crippen LogP contribution < -0.4 is 10.7 Å². The second-order valence-electron chi connectivity index (χ2n) is 7.67. The van der Waals surface area contributed by atoms with E-state index in [4.69, 9.17) is 4.74 Å². The predicted molar refractivity (Wildman–Crippen MR) is 145 cm³/mol. The molecule has 0 fully saturated rings. The number of hydrogen-bond donors (Lipinski definition) is 2. The zero-order valence-electron chi connectivity index (χ0n) is 20.2. The molecule has 0 aliphatic heterocycles. The molecule has 0 radical (unpaired) electrons. The van der Waals surface area contributed by atoms with Crippen molar-refractivity contribution in [3.63, 3.8) is 0 Å². The number of nitrogens with zero attached hydrogens (tertiary/aromatic N) is 1. The third kappa shape index (κ3) is 11.5. The Morgan fingerprint density at radius 2 is 1.74 bits per heavy atom. The van der Waals surface area contributed by atoms with Crippen LogP contribution in [0.15, 0.2) is 59.7 Å². The van der Waals surface area contributed by atoms with Crippen molar-refractivity contribution in [2.45, 2.75) is 45.6 Å². The van der Waals surface area contributed by atoms with Crippen LogP contribution >= 0.6 is 21.6 Å². The van der Waals surface area contributed by atoms with E-state index in [1.807, 2.05) is 30.3 Å². The maximum Gasteiger partial charge on any atom is 0.329 e. The van der Waals surface area contributed by atoms with Crippen molar-refractivity contribution < 1.29 is 19.1 Å². The molecule has 0 bridgehead atoms. The molecule has 0 saturated carbocycles. The van der Waals surface area contributed by atoms with Gasteiger partial charge in [0.25, 0.3) is 5.91 Å². The number of nitrogens with one attached hydrogen (secondary N) is 2. The van der Waals surface area contributed by atoms with E-state index < -0.39 is 12.0 Å². The molecule has 0 saturated heterocycles. The standard InChI is InChI=1S/C26H33N3O4S2/c1-3-5-9-16-34-35-19-23(26(32)33-4-2)28-25(31)22-14-12-21(13-15-22)18-27-29-24(30)17-20-10-7-6-8-11-20/h6-8,10-15,18,23H,3-5,9,16-17,19H2,1-2H3,(H,28,31)(H,29,30)/b27-18+/t23-/m0/s1. The maximum absolute atomic E-state index is 12.7. The highest BCUT2D eigenvalue weighted by Crippen LogP contribution is 2.24. The number of hydrazone groups is 1. The number of hydrogen-bond acceptors (Lipinski definition) is 7. The Balaban J connectivity index is 1.85. The summed E-state index contributed by atoms with van der Waals surface area (Å²) in [7, 11) is 3.27. The van der Waals surface area contributed by atoms with Gasteiger partial charge in [0.15, 0.2) is 0 Å². The predicted octanol–water partition coefficient (Wildman–Crippen LogP) is 4.61. The van der Waals surface area contributed by atoms with Crippen molar-refractivity contribution >= 4 is 45.6 Å². The van der Waals surface area contributed by atoms with Crippen molar-refractivity contribution in [3.05, 3.63) is 71.3 Å². The van der Waals surface area contributed by atoms with E-state index in [2.05, 4.69) is 22.8 Å². The van der Waals surface area contributed by atoms with Gasteiger partial charge in [0.1, 0.15) is 6.04 Å². The van der Waals surface area contributed by atoms with Crippen LogP contribution in [0.25, 0.3) is 0 Å². The lowest BCUT2D eigenvalue weighted by molar-refractivity contribution is -0.144. The van der Waals surface area contributed by atoms with Crippen LogP contribution in [0.2, 0.25) is 0 Å². The minimum Gasteiger partial charge on any atom is -0.464 e. The first-order valence-electron chi connectivity index (χ1n) is 11.7. The van der Waals surface area contributed by atoms with Gasteiger partial charge in [-0.05, 0) is 36.6 Å².